The Hall–Kier alpha value is -2.70. The summed E-state index contributed by atoms with van der Waals surface area (Å²) in [4.78, 5) is 16.6. The maximum atomic E-state index is 11.6. The van der Waals surface area contributed by atoms with E-state index in [1.807, 2.05) is 24.3 Å². The van der Waals surface area contributed by atoms with E-state index in [1.54, 1.807) is 12.1 Å². The number of halogens is 1. The number of aromatic hydroxyl groups is 1. The van der Waals surface area contributed by atoms with E-state index in [-0.39, 0.29) is 11.4 Å². The van der Waals surface area contributed by atoms with Crippen LogP contribution in [-0.2, 0) is 4.74 Å². The molecule has 1 aromatic heterocycles. The third kappa shape index (κ3) is 2.87. The second-order valence-corrected chi connectivity index (χ2v) is 6.64. The maximum Gasteiger partial charge on any atom is 0.254 e. The third-order valence-electron chi connectivity index (χ3n) is 4.67. The predicted molar refractivity (Wildman–Crippen MR) is 102 cm³/mol. The lowest BCUT2D eigenvalue weighted by Gasteiger charge is -2.29. The molecule has 1 aliphatic rings. The van der Waals surface area contributed by atoms with Gasteiger partial charge in [-0.15, -0.1) is 0 Å². The van der Waals surface area contributed by atoms with Crippen LogP contribution in [0.25, 0.3) is 22.0 Å². The number of hydrogen-bond donors (Lipinski definition) is 3. The third-order valence-corrected chi connectivity index (χ3v) is 4.98. The van der Waals surface area contributed by atoms with Crippen LogP contribution in [0, 0.1) is 0 Å². The standard InChI is InChI=1S/C19H18ClN3O3/c20-15-10-16-14(17(18(21)24)19(25)22-16)9-13(15)11-1-3-12(4-2-11)23-5-7-26-8-6-23/h1-4,9-10,22,25H,5-8H2,(H2,21,24). The first-order valence-electron chi connectivity index (χ1n) is 8.31. The summed E-state index contributed by atoms with van der Waals surface area (Å²) < 4.78 is 5.38. The average molecular weight is 372 g/mol. The fraction of sp³-hybridized carbons (Fsp3) is 0.211. The number of ether oxygens (including phenoxy) is 1. The Morgan fingerprint density at radius 1 is 1.19 bits per heavy atom. The number of amides is 1. The minimum Gasteiger partial charge on any atom is -0.494 e. The molecule has 4 N–H and O–H groups in total. The molecule has 6 nitrogen and oxygen atoms in total. The molecule has 2 aromatic carbocycles. The van der Waals surface area contributed by atoms with E-state index < -0.39 is 5.91 Å². The topological polar surface area (TPSA) is 91.6 Å². The monoisotopic (exact) mass is 371 g/mol. The van der Waals surface area contributed by atoms with Gasteiger partial charge in [0.05, 0.1) is 23.8 Å². The summed E-state index contributed by atoms with van der Waals surface area (Å²) in [6.07, 6.45) is 0. The quantitative estimate of drug-likeness (QED) is 0.659. The van der Waals surface area contributed by atoms with Gasteiger partial charge in [0, 0.05) is 29.7 Å². The lowest BCUT2D eigenvalue weighted by Crippen LogP contribution is -2.36. The highest BCUT2D eigenvalue weighted by Crippen LogP contribution is 2.36. The summed E-state index contributed by atoms with van der Waals surface area (Å²) in [5, 5.41) is 11.0. The summed E-state index contributed by atoms with van der Waals surface area (Å²) in [7, 11) is 0. The summed E-state index contributed by atoms with van der Waals surface area (Å²) in [5.41, 5.74) is 8.85. The number of nitrogens with one attached hydrogen (secondary N) is 1. The molecule has 2 heterocycles. The number of benzene rings is 2. The molecule has 1 aliphatic heterocycles. The van der Waals surface area contributed by atoms with Crippen LogP contribution >= 0.6 is 11.6 Å². The molecule has 26 heavy (non-hydrogen) atoms. The summed E-state index contributed by atoms with van der Waals surface area (Å²) in [6.45, 7) is 3.21. The molecule has 0 atom stereocenters. The molecule has 0 aliphatic carbocycles. The van der Waals surface area contributed by atoms with Gasteiger partial charge >= 0.3 is 0 Å². The minimum absolute atomic E-state index is 0.0721. The van der Waals surface area contributed by atoms with Crippen LogP contribution in [0.1, 0.15) is 10.4 Å². The van der Waals surface area contributed by atoms with Crippen molar-refractivity contribution in [1.82, 2.24) is 4.98 Å². The molecule has 3 aromatic rings. The van der Waals surface area contributed by atoms with Gasteiger partial charge in [-0.3, -0.25) is 4.79 Å². The first-order chi connectivity index (χ1) is 12.5. The Labute approximate surface area is 155 Å². The van der Waals surface area contributed by atoms with Crippen LogP contribution in [-0.4, -0.2) is 42.3 Å². The summed E-state index contributed by atoms with van der Waals surface area (Å²) in [6, 6.07) is 11.5. The zero-order valence-electron chi connectivity index (χ0n) is 14.0. The second kappa shape index (κ2) is 6.55. The molecule has 0 bridgehead atoms. The Morgan fingerprint density at radius 2 is 1.88 bits per heavy atom. The molecule has 134 valence electrons. The van der Waals surface area contributed by atoms with E-state index in [1.165, 1.54) is 0 Å². The molecule has 0 unspecified atom stereocenters. The first kappa shape index (κ1) is 16.8. The zero-order chi connectivity index (χ0) is 18.3. The van der Waals surface area contributed by atoms with Gasteiger partial charge in [-0.2, -0.15) is 0 Å². The smallest absolute Gasteiger partial charge is 0.254 e. The van der Waals surface area contributed by atoms with Crippen molar-refractivity contribution in [3.05, 3.63) is 47.0 Å². The number of carbonyl (C=O) groups excluding carboxylic acids is 1. The predicted octanol–water partition coefficient (Wildman–Crippen LogP) is 3.13. The lowest BCUT2D eigenvalue weighted by atomic mass is 10.0. The van der Waals surface area contributed by atoms with Gasteiger partial charge in [-0.05, 0) is 29.8 Å². The van der Waals surface area contributed by atoms with Crippen molar-refractivity contribution in [2.75, 3.05) is 31.2 Å². The number of hydrogen-bond acceptors (Lipinski definition) is 4. The molecule has 7 heteroatoms. The molecule has 1 amide bonds. The van der Waals surface area contributed by atoms with E-state index in [0.29, 0.717) is 15.9 Å². The second-order valence-electron chi connectivity index (χ2n) is 6.24. The maximum absolute atomic E-state index is 11.6. The van der Waals surface area contributed by atoms with Crippen LogP contribution < -0.4 is 10.6 Å². The molecule has 1 saturated heterocycles. The highest BCUT2D eigenvalue weighted by molar-refractivity contribution is 6.34. The van der Waals surface area contributed by atoms with Gasteiger partial charge in [-0.25, -0.2) is 0 Å². The number of H-pyrrole nitrogens is 1. The Balaban J connectivity index is 1.74. The number of fused-ring (bicyclic) bond motifs is 1. The Kier molecular flexibility index (Phi) is 4.22. The molecular weight excluding hydrogens is 354 g/mol. The summed E-state index contributed by atoms with van der Waals surface area (Å²) >= 11 is 6.42. The largest absolute Gasteiger partial charge is 0.494 e. The molecule has 4 rings (SSSR count). The van der Waals surface area contributed by atoms with E-state index in [9.17, 15) is 9.90 Å². The van der Waals surface area contributed by atoms with Gasteiger partial charge in [0.25, 0.3) is 5.91 Å². The molecule has 0 spiro atoms. The molecule has 0 saturated carbocycles. The van der Waals surface area contributed by atoms with Crippen LogP contribution in [0.4, 0.5) is 5.69 Å². The molecule has 1 fully saturated rings. The molecule has 0 radical (unpaired) electrons. The van der Waals surface area contributed by atoms with Crippen molar-refractivity contribution >= 4 is 34.1 Å². The van der Waals surface area contributed by atoms with Gasteiger partial charge in [-0.1, -0.05) is 23.7 Å². The number of aromatic nitrogens is 1. The number of carbonyl (C=O) groups is 1. The highest BCUT2D eigenvalue weighted by atomic mass is 35.5. The van der Waals surface area contributed by atoms with Crippen molar-refractivity contribution in [2.24, 2.45) is 5.73 Å². The average Bonchev–Trinajstić information content (AvgIpc) is 2.96. The number of aromatic amines is 1. The number of nitrogens with two attached hydrogens (primary N) is 1. The minimum atomic E-state index is -0.690. The van der Waals surface area contributed by atoms with Gasteiger partial charge < -0.3 is 25.5 Å². The first-order valence-corrected chi connectivity index (χ1v) is 8.69. The van der Waals surface area contributed by atoms with E-state index in [4.69, 9.17) is 22.1 Å². The fourth-order valence-corrected chi connectivity index (χ4v) is 3.62. The van der Waals surface area contributed by atoms with Crippen LogP contribution in [0.5, 0.6) is 5.88 Å². The number of nitrogens with zero attached hydrogens (tertiary/aromatic N) is 1. The molecular formula is C19H18ClN3O3. The van der Waals surface area contributed by atoms with Crippen molar-refractivity contribution < 1.29 is 14.6 Å². The number of rotatable bonds is 3. The Morgan fingerprint density at radius 3 is 2.54 bits per heavy atom. The van der Waals surface area contributed by atoms with Gasteiger partial charge in [0.1, 0.15) is 5.56 Å². The lowest BCUT2D eigenvalue weighted by molar-refractivity contribution is 0.0999. The van der Waals surface area contributed by atoms with Crippen molar-refractivity contribution in [1.29, 1.82) is 0 Å². The number of primary amides is 1. The van der Waals surface area contributed by atoms with Gasteiger partial charge in [0.2, 0.25) is 5.88 Å². The van der Waals surface area contributed by atoms with E-state index >= 15 is 0 Å². The van der Waals surface area contributed by atoms with Crippen LogP contribution in [0.2, 0.25) is 5.02 Å². The van der Waals surface area contributed by atoms with Crippen molar-refractivity contribution in [3.63, 3.8) is 0 Å². The van der Waals surface area contributed by atoms with E-state index in [0.717, 1.165) is 43.1 Å². The normalized spacial score (nSPS) is 14.7. The number of anilines is 1. The Bertz CT molecular complexity index is 976. The number of morpholine rings is 1. The van der Waals surface area contributed by atoms with Crippen LogP contribution in [0.3, 0.4) is 0 Å². The van der Waals surface area contributed by atoms with Gasteiger partial charge in [0.15, 0.2) is 0 Å². The van der Waals surface area contributed by atoms with Crippen LogP contribution in [0.15, 0.2) is 36.4 Å². The SMILES string of the molecule is NC(=O)c1c(O)[nH]c2cc(Cl)c(-c3ccc(N4CCOCC4)cc3)cc12. The fourth-order valence-electron chi connectivity index (χ4n) is 3.35. The van der Waals surface area contributed by atoms with Crippen molar-refractivity contribution in [2.45, 2.75) is 0 Å². The summed E-state index contributed by atoms with van der Waals surface area (Å²) in [5.74, 6) is -0.937. The van der Waals surface area contributed by atoms with E-state index in [2.05, 4.69) is 9.88 Å². The highest BCUT2D eigenvalue weighted by Gasteiger charge is 2.18. The zero-order valence-corrected chi connectivity index (χ0v) is 14.7. The van der Waals surface area contributed by atoms with Crippen molar-refractivity contribution in [3.8, 4) is 17.0 Å².